The normalized spacial score (nSPS) is 19.6. The molecule has 178 valence electrons. The summed E-state index contributed by atoms with van der Waals surface area (Å²) in [5.74, 6) is 0.428. The van der Waals surface area contributed by atoms with E-state index in [-0.39, 0.29) is 12.3 Å². The zero-order valence-electron chi connectivity index (χ0n) is 19.8. The molecule has 5 rings (SSSR count). The van der Waals surface area contributed by atoms with E-state index in [0.717, 1.165) is 36.1 Å². The number of hydrogen-bond acceptors (Lipinski definition) is 6. The molecule has 2 atom stereocenters. The number of aromatic nitrogens is 4. The van der Waals surface area contributed by atoms with Crippen molar-refractivity contribution in [3.05, 3.63) is 68.4 Å². The maximum Gasteiger partial charge on any atom is 0.332 e. The predicted octanol–water partition coefficient (Wildman–Crippen LogP) is 1.69. The molecule has 0 saturated carbocycles. The van der Waals surface area contributed by atoms with Crippen LogP contribution in [0.5, 0.6) is 0 Å². The number of rotatable bonds is 6. The average Bonchev–Trinajstić information content (AvgIpc) is 3.54. The fourth-order valence-electron chi connectivity index (χ4n) is 5.14. The molecule has 2 fully saturated rings. The molecular weight excluding hydrogens is 432 g/mol. The minimum Gasteiger partial charge on any atom is -0.338 e. The van der Waals surface area contributed by atoms with Crippen molar-refractivity contribution in [1.29, 1.82) is 0 Å². The molecule has 1 N–H and O–H groups in total. The highest BCUT2D eigenvalue weighted by molar-refractivity contribution is 5.95. The maximum absolute atomic E-state index is 13.7. The second kappa shape index (κ2) is 8.72. The highest BCUT2D eigenvalue weighted by Gasteiger charge is 2.40. The van der Waals surface area contributed by atoms with Crippen LogP contribution < -0.4 is 21.5 Å². The average molecular weight is 463 g/mol. The third-order valence-corrected chi connectivity index (χ3v) is 6.94. The Morgan fingerprint density at radius 1 is 1.15 bits per heavy atom. The number of nitrogens with zero attached hydrogens (tertiary/aromatic N) is 5. The Balaban J connectivity index is 1.67. The summed E-state index contributed by atoms with van der Waals surface area (Å²) in [4.78, 5) is 46.8. The molecule has 2 aliphatic rings. The second-order valence-corrected chi connectivity index (χ2v) is 9.40. The number of carbonyl (C=O) groups is 1. The molecule has 1 aromatic carbocycles. The van der Waals surface area contributed by atoms with Crippen LogP contribution in [-0.2, 0) is 20.1 Å². The Morgan fingerprint density at radius 3 is 2.65 bits per heavy atom. The summed E-state index contributed by atoms with van der Waals surface area (Å²) in [7, 11) is 1.61. The van der Waals surface area contributed by atoms with Gasteiger partial charge in [-0.05, 0) is 33.2 Å². The van der Waals surface area contributed by atoms with Crippen LogP contribution in [-0.4, -0.2) is 49.6 Å². The molecule has 2 aromatic heterocycles. The van der Waals surface area contributed by atoms with Crippen molar-refractivity contribution in [2.45, 2.75) is 51.9 Å². The number of hydrogen-bond donors (Lipinski definition) is 1. The van der Waals surface area contributed by atoms with Crippen LogP contribution in [0.25, 0.3) is 11.2 Å². The van der Waals surface area contributed by atoms with Gasteiger partial charge in [-0.1, -0.05) is 42.0 Å². The van der Waals surface area contributed by atoms with Crippen LogP contribution >= 0.6 is 0 Å². The predicted molar refractivity (Wildman–Crippen MR) is 132 cm³/mol. The van der Waals surface area contributed by atoms with Crippen LogP contribution in [0, 0.1) is 0 Å². The lowest BCUT2D eigenvalue weighted by molar-refractivity contribution is 0.0969. The van der Waals surface area contributed by atoms with Gasteiger partial charge in [-0.3, -0.25) is 18.7 Å². The van der Waals surface area contributed by atoms with Crippen molar-refractivity contribution in [3.63, 3.8) is 0 Å². The molecule has 4 heterocycles. The molecule has 9 nitrogen and oxygen atoms in total. The molecule has 1 unspecified atom stereocenters. The second-order valence-electron chi connectivity index (χ2n) is 9.40. The standard InChI is InChI=1S/C25H30N6O3/c1-16(2)10-13-30-21-22(27-24(30)29-14-11-18-19(29)9-12-26-18)28(3)25(34)31(23(21)33)15-20(32)17-7-5-4-6-8-17/h4-8,10,18-19,26H,9,11-15H2,1-3H3/t18?,19-/m1/s1. The summed E-state index contributed by atoms with van der Waals surface area (Å²) in [5, 5.41) is 3.55. The van der Waals surface area contributed by atoms with Crippen molar-refractivity contribution in [3.8, 4) is 0 Å². The summed E-state index contributed by atoms with van der Waals surface area (Å²) in [6.45, 7) is 5.99. The first kappa shape index (κ1) is 22.3. The molecular formula is C25H30N6O3. The van der Waals surface area contributed by atoms with Crippen molar-refractivity contribution in [2.24, 2.45) is 7.05 Å². The first-order valence-corrected chi connectivity index (χ1v) is 11.8. The fraction of sp³-hybridized carbons (Fsp3) is 0.440. The van der Waals surface area contributed by atoms with Gasteiger partial charge in [0.25, 0.3) is 5.56 Å². The van der Waals surface area contributed by atoms with Gasteiger partial charge in [0, 0.05) is 37.8 Å². The Bertz CT molecular complexity index is 1390. The van der Waals surface area contributed by atoms with Gasteiger partial charge in [-0.2, -0.15) is 4.98 Å². The molecule has 0 bridgehead atoms. The lowest BCUT2D eigenvalue weighted by Crippen LogP contribution is -2.41. The summed E-state index contributed by atoms with van der Waals surface area (Å²) >= 11 is 0. The molecule has 2 aliphatic heterocycles. The molecule has 34 heavy (non-hydrogen) atoms. The van der Waals surface area contributed by atoms with Gasteiger partial charge < -0.3 is 14.8 Å². The molecule has 3 aromatic rings. The molecule has 0 radical (unpaired) electrons. The molecule has 2 saturated heterocycles. The Hall–Kier alpha value is -3.46. The van der Waals surface area contributed by atoms with E-state index in [1.165, 1.54) is 4.57 Å². The first-order valence-electron chi connectivity index (χ1n) is 11.8. The van der Waals surface area contributed by atoms with Crippen molar-refractivity contribution < 1.29 is 4.79 Å². The highest BCUT2D eigenvalue weighted by atomic mass is 16.2. The summed E-state index contributed by atoms with van der Waals surface area (Å²) in [6, 6.07) is 9.46. The largest absolute Gasteiger partial charge is 0.338 e. The Morgan fingerprint density at radius 2 is 1.91 bits per heavy atom. The van der Waals surface area contributed by atoms with E-state index >= 15 is 0 Å². The Kier molecular flexibility index (Phi) is 5.73. The maximum atomic E-state index is 13.7. The number of ketones is 1. The number of imidazole rings is 1. The lowest BCUT2D eigenvalue weighted by Gasteiger charge is -2.25. The van der Waals surface area contributed by atoms with E-state index in [0.29, 0.717) is 41.3 Å². The van der Waals surface area contributed by atoms with Crippen LogP contribution in [0.3, 0.4) is 0 Å². The van der Waals surface area contributed by atoms with Gasteiger partial charge in [-0.15, -0.1) is 0 Å². The van der Waals surface area contributed by atoms with Gasteiger partial charge in [0.1, 0.15) is 0 Å². The molecule has 0 amide bonds. The summed E-state index contributed by atoms with van der Waals surface area (Å²) in [6.07, 6.45) is 4.09. The van der Waals surface area contributed by atoms with Crippen LogP contribution in [0.15, 0.2) is 51.6 Å². The number of nitrogens with one attached hydrogen (secondary N) is 1. The lowest BCUT2D eigenvalue weighted by atomic mass is 10.1. The number of aryl methyl sites for hydroxylation is 1. The smallest absolute Gasteiger partial charge is 0.332 e. The van der Waals surface area contributed by atoms with Crippen molar-refractivity contribution in [2.75, 3.05) is 18.0 Å². The number of carbonyl (C=O) groups excluding carboxylic acids is 1. The molecule has 0 spiro atoms. The summed E-state index contributed by atoms with van der Waals surface area (Å²) in [5.41, 5.74) is 1.27. The number of Topliss-reactive ketones (excluding diaryl/α,β-unsaturated/α-hetero) is 1. The van der Waals surface area contributed by atoms with Gasteiger partial charge in [0.15, 0.2) is 16.9 Å². The van der Waals surface area contributed by atoms with E-state index in [9.17, 15) is 14.4 Å². The monoisotopic (exact) mass is 462 g/mol. The summed E-state index contributed by atoms with van der Waals surface area (Å²) < 4.78 is 4.33. The highest BCUT2D eigenvalue weighted by Crippen LogP contribution is 2.31. The van der Waals surface area contributed by atoms with Crippen molar-refractivity contribution in [1.82, 2.24) is 24.0 Å². The minimum atomic E-state index is -0.540. The van der Waals surface area contributed by atoms with Gasteiger partial charge in [0.2, 0.25) is 5.95 Å². The van der Waals surface area contributed by atoms with Gasteiger partial charge >= 0.3 is 5.69 Å². The Labute approximate surface area is 197 Å². The zero-order valence-corrected chi connectivity index (χ0v) is 19.8. The van der Waals surface area contributed by atoms with E-state index < -0.39 is 11.2 Å². The van der Waals surface area contributed by atoms with Crippen LogP contribution in [0.2, 0.25) is 0 Å². The number of benzene rings is 1. The third kappa shape index (κ3) is 3.69. The molecule has 9 heteroatoms. The van der Waals surface area contributed by atoms with Gasteiger partial charge in [0.05, 0.1) is 6.54 Å². The fourth-order valence-corrected chi connectivity index (χ4v) is 5.14. The zero-order chi connectivity index (χ0) is 24.0. The van der Waals surface area contributed by atoms with E-state index in [1.54, 1.807) is 31.3 Å². The quantitative estimate of drug-likeness (QED) is 0.443. The van der Waals surface area contributed by atoms with Gasteiger partial charge in [-0.25, -0.2) is 4.79 Å². The number of anilines is 1. The number of allylic oxidation sites excluding steroid dienone is 2. The van der Waals surface area contributed by atoms with Crippen LogP contribution in [0.1, 0.15) is 37.0 Å². The van der Waals surface area contributed by atoms with Crippen molar-refractivity contribution >= 4 is 22.9 Å². The van der Waals surface area contributed by atoms with E-state index in [2.05, 4.69) is 16.3 Å². The molecule has 0 aliphatic carbocycles. The van der Waals surface area contributed by atoms with Crippen LogP contribution in [0.4, 0.5) is 5.95 Å². The number of fused-ring (bicyclic) bond motifs is 2. The third-order valence-electron chi connectivity index (χ3n) is 6.94. The SMILES string of the molecule is CC(C)=CCn1c(N2CCC3NCC[C@H]32)nc2c1c(=O)n(CC(=O)c1ccccc1)c(=O)n2C. The topological polar surface area (TPSA) is 94.2 Å². The van der Waals surface area contributed by atoms with E-state index in [4.69, 9.17) is 4.98 Å². The van der Waals surface area contributed by atoms with E-state index in [1.807, 2.05) is 24.5 Å². The first-order chi connectivity index (χ1) is 16.4. The minimum absolute atomic E-state index is 0.283.